The number of halogens is 1. The SMILES string of the molecule is CC(=O)N(CC(=O)Nc1c(C)cc(C)cc1Cl)CC1CCCO1. The van der Waals surface area contributed by atoms with Crippen LogP contribution in [0, 0.1) is 13.8 Å². The average molecular weight is 339 g/mol. The average Bonchev–Trinajstić information content (AvgIpc) is 2.95. The number of hydrogen-bond donors (Lipinski definition) is 1. The Bertz CT molecular complexity index is 574. The predicted octanol–water partition coefficient (Wildman–Crippen LogP) is 2.92. The van der Waals surface area contributed by atoms with Gasteiger partial charge in [0.1, 0.15) is 0 Å². The Morgan fingerprint density at radius 3 is 2.70 bits per heavy atom. The number of carbonyl (C=O) groups is 2. The highest BCUT2D eigenvalue weighted by Crippen LogP contribution is 2.27. The van der Waals surface area contributed by atoms with Gasteiger partial charge in [-0.25, -0.2) is 0 Å². The lowest BCUT2D eigenvalue weighted by Gasteiger charge is -2.24. The third-order valence-electron chi connectivity index (χ3n) is 3.92. The topological polar surface area (TPSA) is 58.6 Å². The molecule has 6 heteroatoms. The molecule has 5 nitrogen and oxygen atoms in total. The zero-order valence-corrected chi connectivity index (χ0v) is 14.6. The van der Waals surface area contributed by atoms with Gasteiger partial charge in [0.15, 0.2) is 0 Å². The van der Waals surface area contributed by atoms with Gasteiger partial charge in [-0.15, -0.1) is 0 Å². The summed E-state index contributed by atoms with van der Waals surface area (Å²) in [5.41, 5.74) is 2.54. The fourth-order valence-corrected chi connectivity index (χ4v) is 3.13. The van der Waals surface area contributed by atoms with Gasteiger partial charge in [-0.2, -0.15) is 0 Å². The van der Waals surface area contributed by atoms with Crippen LogP contribution in [0.25, 0.3) is 0 Å². The molecule has 1 aliphatic rings. The van der Waals surface area contributed by atoms with E-state index in [9.17, 15) is 9.59 Å². The normalized spacial score (nSPS) is 17.1. The van der Waals surface area contributed by atoms with E-state index < -0.39 is 0 Å². The summed E-state index contributed by atoms with van der Waals surface area (Å²) in [5.74, 6) is -0.394. The molecule has 1 fully saturated rings. The lowest BCUT2D eigenvalue weighted by Crippen LogP contribution is -2.41. The van der Waals surface area contributed by atoms with Gasteiger partial charge in [0.25, 0.3) is 0 Å². The number of benzene rings is 1. The minimum atomic E-state index is -0.257. The Kier molecular flexibility index (Phi) is 6.02. The monoisotopic (exact) mass is 338 g/mol. The fraction of sp³-hybridized carbons (Fsp3) is 0.529. The summed E-state index contributed by atoms with van der Waals surface area (Å²) in [6.45, 7) is 6.47. The molecule has 0 aliphatic carbocycles. The van der Waals surface area contributed by atoms with Gasteiger partial charge >= 0.3 is 0 Å². The molecular weight excluding hydrogens is 316 g/mol. The van der Waals surface area contributed by atoms with Crippen molar-refractivity contribution in [3.05, 3.63) is 28.3 Å². The highest BCUT2D eigenvalue weighted by Gasteiger charge is 2.22. The molecule has 1 saturated heterocycles. The van der Waals surface area contributed by atoms with E-state index >= 15 is 0 Å². The smallest absolute Gasteiger partial charge is 0.244 e. The van der Waals surface area contributed by atoms with E-state index in [1.807, 2.05) is 19.9 Å². The van der Waals surface area contributed by atoms with Crippen LogP contribution < -0.4 is 5.32 Å². The van der Waals surface area contributed by atoms with Crippen molar-refractivity contribution in [1.82, 2.24) is 4.90 Å². The van der Waals surface area contributed by atoms with Crippen LogP contribution in [-0.2, 0) is 14.3 Å². The zero-order chi connectivity index (χ0) is 17.0. The van der Waals surface area contributed by atoms with Crippen LogP contribution in [0.4, 0.5) is 5.69 Å². The van der Waals surface area contributed by atoms with Crippen molar-refractivity contribution < 1.29 is 14.3 Å². The molecule has 1 heterocycles. The fourth-order valence-electron chi connectivity index (χ4n) is 2.76. The predicted molar refractivity (Wildman–Crippen MR) is 90.8 cm³/mol. The number of nitrogens with zero attached hydrogens (tertiary/aromatic N) is 1. The molecule has 0 saturated carbocycles. The van der Waals surface area contributed by atoms with Crippen LogP contribution in [0.2, 0.25) is 5.02 Å². The van der Waals surface area contributed by atoms with Crippen molar-refractivity contribution in [3.63, 3.8) is 0 Å². The maximum absolute atomic E-state index is 12.3. The summed E-state index contributed by atoms with van der Waals surface area (Å²) >= 11 is 6.20. The van der Waals surface area contributed by atoms with Crippen molar-refractivity contribution in [2.24, 2.45) is 0 Å². The molecule has 0 spiro atoms. The van der Waals surface area contributed by atoms with E-state index in [0.717, 1.165) is 30.6 Å². The van der Waals surface area contributed by atoms with Crippen LogP contribution in [0.3, 0.4) is 0 Å². The maximum atomic E-state index is 12.3. The number of anilines is 1. The minimum Gasteiger partial charge on any atom is -0.376 e. The van der Waals surface area contributed by atoms with Crippen molar-refractivity contribution in [3.8, 4) is 0 Å². The number of amides is 2. The van der Waals surface area contributed by atoms with E-state index in [1.54, 1.807) is 6.07 Å². The van der Waals surface area contributed by atoms with E-state index in [2.05, 4.69) is 5.32 Å². The van der Waals surface area contributed by atoms with Crippen molar-refractivity contribution in [1.29, 1.82) is 0 Å². The summed E-state index contributed by atoms with van der Waals surface area (Å²) in [4.78, 5) is 25.6. The molecule has 0 bridgehead atoms. The molecule has 1 aromatic carbocycles. The molecule has 2 rings (SSSR count). The zero-order valence-electron chi connectivity index (χ0n) is 13.8. The van der Waals surface area contributed by atoms with Gasteiger partial charge in [0.2, 0.25) is 11.8 Å². The molecule has 1 N–H and O–H groups in total. The van der Waals surface area contributed by atoms with Crippen molar-refractivity contribution >= 4 is 29.1 Å². The van der Waals surface area contributed by atoms with Gasteiger partial charge in [0, 0.05) is 20.1 Å². The Balaban J connectivity index is 2.00. The minimum absolute atomic E-state index is 0.00115. The lowest BCUT2D eigenvalue weighted by atomic mass is 10.1. The van der Waals surface area contributed by atoms with Crippen LogP contribution >= 0.6 is 11.6 Å². The summed E-state index contributed by atoms with van der Waals surface area (Å²) in [6, 6.07) is 3.76. The number of carbonyl (C=O) groups excluding carboxylic acids is 2. The molecule has 1 unspecified atom stereocenters. The molecular formula is C17H23ClN2O3. The highest BCUT2D eigenvalue weighted by atomic mass is 35.5. The Labute approximate surface area is 141 Å². The van der Waals surface area contributed by atoms with E-state index in [0.29, 0.717) is 17.3 Å². The second-order valence-corrected chi connectivity index (χ2v) is 6.43. The number of aryl methyl sites for hydroxylation is 2. The van der Waals surface area contributed by atoms with Gasteiger partial charge in [-0.3, -0.25) is 9.59 Å². The molecule has 23 heavy (non-hydrogen) atoms. The van der Waals surface area contributed by atoms with E-state index in [1.165, 1.54) is 11.8 Å². The van der Waals surface area contributed by atoms with Crippen LogP contribution in [0.1, 0.15) is 30.9 Å². The van der Waals surface area contributed by atoms with Gasteiger partial charge in [-0.1, -0.05) is 17.7 Å². The third-order valence-corrected chi connectivity index (χ3v) is 4.22. The number of nitrogens with one attached hydrogen (secondary N) is 1. The first-order valence-electron chi connectivity index (χ1n) is 7.80. The second-order valence-electron chi connectivity index (χ2n) is 6.02. The van der Waals surface area contributed by atoms with E-state index in [-0.39, 0.29) is 24.5 Å². The van der Waals surface area contributed by atoms with E-state index in [4.69, 9.17) is 16.3 Å². The highest BCUT2D eigenvalue weighted by molar-refractivity contribution is 6.34. The van der Waals surface area contributed by atoms with Crippen molar-refractivity contribution in [2.75, 3.05) is 25.0 Å². The second kappa shape index (κ2) is 7.79. The Morgan fingerprint density at radius 2 is 2.13 bits per heavy atom. The Morgan fingerprint density at radius 1 is 1.39 bits per heavy atom. The maximum Gasteiger partial charge on any atom is 0.244 e. The van der Waals surface area contributed by atoms with Crippen LogP contribution in [0.5, 0.6) is 0 Å². The van der Waals surface area contributed by atoms with Crippen molar-refractivity contribution in [2.45, 2.75) is 39.7 Å². The first kappa shape index (κ1) is 17.8. The van der Waals surface area contributed by atoms with Gasteiger partial charge < -0.3 is 15.0 Å². The standard InChI is InChI=1S/C17H23ClN2O3/c1-11-7-12(2)17(15(18)8-11)19-16(22)10-20(13(3)21)9-14-5-4-6-23-14/h7-8,14H,4-6,9-10H2,1-3H3,(H,19,22). The molecule has 0 aromatic heterocycles. The summed E-state index contributed by atoms with van der Waals surface area (Å²) in [7, 11) is 0. The third kappa shape index (κ3) is 4.94. The number of rotatable bonds is 5. The first-order chi connectivity index (χ1) is 10.9. The molecule has 2 amide bonds. The molecule has 1 aliphatic heterocycles. The summed E-state index contributed by atoms with van der Waals surface area (Å²) in [5, 5.41) is 3.31. The molecule has 126 valence electrons. The number of ether oxygens (including phenoxy) is 1. The molecule has 1 atom stereocenters. The molecule has 0 radical (unpaired) electrons. The van der Waals surface area contributed by atoms with Crippen LogP contribution in [0.15, 0.2) is 12.1 Å². The number of hydrogen-bond acceptors (Lipinski definition) is 3. The summed E-state index contributed by atoms with van der Waals surface area (Å²) < 4.78 is 5.54. The lowest BCUT2D eigenvalue weighted by molar-refractivity contribution is -0.134. The summed E-state index contributed by atoms with van der Waals surface area (Å²) in [6.07, 6.45) is 1.95. The largest absolute Gasteiger partial charge is 0.376 e. The van der Waals surface area contributed by atoms with Gasteiger partial charge in [0.05, 0.1) is 23.4 Å². The van der Waals surface area contributed by atoms with Crippen LogP contribution in [-0.4, -0.2) is 42.5 Å². The molecule has 1 aromatic rings. The quantitative estimate of drug-likeness (QED) is 0.898. The van der Waals surface area contributed by atoms with Gasteiger partial charge in [-0.05, 0) is 43.9 Å². The first-order valence-corrected chi connectivity index (χ1v) is 8.18. The Hall–Kier alpha value is -1.59.